The van der Waals surface area contributed by atoms with Crippen LogP contribution < -0.4 is 20.9 Å². The molecule has 236 valence electrons. The Balaban J connectivity index is 1.36. The van der Waals surface area contributed by atoms with Gasteiger partial charge in [-0.1, -0.05) is 12.1 Å². The van der Waals surface area contributed by atoms with E-state index in [0.29, 0.717) is 29.8 Å². The van der Waals surface area contributed by atoms with Gasteiger partial charge in [-0.25, -0.2) is 9.59 Å². The zero-order valence-corrected chi connectivity index (χ0v) is 23.4. The van der Waals surface area contributed by atoms with Crippen molar-refractivity contribution in [2.24, 2.45) is 0 Å². The molecular formula is C31H31F5N2O6. The first kappa shape index (κ1) is 33.7. The van der Waals surface area contributed by atoms with Crippen molar-refractivity contribution >= 4 is 29.4 Å². The van der Waals surface area contributed by atoms with Gasteiger partial charge in [0.1, 0.15) is 11.5 Å². The van der Waals surface area contributed by atoms with Crippen LogP contribution in [0.2, 0.25) is 0 Å². The zero-order valence-electron chi connectivity index (χ0n) is 23.4. The molecule has 0 fully saturated rings. The van der Waals surface area contributed by atoms with Gasteiger partial charge < -0.3 is 30.4 Å². The van der Waals surface area contributed by atoms with Crippen molar-refractivity contribution in [1.82, 2.24) is 0 Å². The highest BCUT2D eigenvalue weighted by atomic mass is 19.4. The topological polar surface area (TPSA) is 123 Å². The molecule has 0 heterocycles. The Morgan fingerprint density at radius 3 is 1.93 bits per heavy atom. The minimum Gasteiger partial charge on any atom is -0.494 e. The maximum atomic E-state index is 14.6. The summed E-state index contributed by atoms with van der Waals surface area (Å²) in [5.41, 5.74) is 12.3. The Labute approximate surface area is 250 Å². The van der Waals surface area contributed by atoms with Crippen molar-refractivity contribution in [1.29, 1.82) is 0 Å². The van der Waals surface area contributed by atoms with Gasteiger partial charge in [0.15, 0.2) is 0 Å². The average molecular weight is 623 g/mol. The number of hydrogen-bond donors (Lipinski definition) is 2. The van der Waals surface area contributed by atoms with Crippen molar-refractivity contribution in [3.63, 3.8) is 0 Å². The van der Waals surface area contributed by atoms with Crippen molar-refractivity contribution in [2.45, 2.75) is 38.0 Å². The predicted molar refractivity (Wildman–Crippen MR) is 153 cm³/mol. The first-order valence-corrected chi connectivity index (χ1v) is 13.5. The molecule has 0 unspecified atom stereocenters. The van der Waals surface area contributed by atoms with Crippen LogP contribution in [0.1, 0.15) is 47.2 Å². The lowest BCUT2D eigenvalue weighted by Crippen LogP contribution is -2.21. The van der Waals surface area contributed by atoms with E-state index in [1.807, 2.05) is 0 Å². The minimum absolute atomic E-state index is 0.0962. The van der Waals surface area contributed by atoms with E-state index in [9.17, 15) is 31.5 Å². The van der Waals surface area contributed by atoms with Crippen LogP contribution in [0.3, 0.4) is 0 Å². The maximum absolute atomic E-state index is 14.6. The number of alkyl halides is 5. The van der Waals surface area contributed by atoms with Gasteiger partial charge in [-0.2, -0.15) is 22.0 Å². The standard InChI is InChI=1S/C31H31F5N2O6/c32-30(33,34)14-3-17-41-26-11-7-23(8-12-26)31(35,36)44-27-9-4-21(5-10-27)6-13-28(39)42-15-1-2-16-43-29(40)22-18-24(37)20-25(38)19-22/h4-13,18-20H,1-3,14-17,37-38H2. The van der Waals surface area contributed by atoms with Crippen molar-refractivity contribution < 1.29 is 50.5 Å². The summed E-state index contributed by atoms with van der Waals surface area (Å²) in [4.78, 5) is 24.0. The van der Waals surface area contributed by atoms with Crippen molar-refractivity contribution in [3.8, 4) is 11.5 Å². The maximum Gasteiger partial charge on any atom is 0.426 e. The zero-order chi connectivity index (χ0) is 32.2. The number of rotatable bonds is 15. The van der Waals surface area contributed by atoms with E-state index in [1.165, 1.54) is 66.7 Å². The van der Waals surface area contributed by atoms with Gasteiger partial charge in [-0.15, -0.1) is 0 Å². The molecule has 0 aliphatic rings. The van der Waals surface area contributed by atoms with E-state index in [-0.39, 0.29) is 43.3 Å². The third-order valence-corrected chi connectivity index (χ3v) is 5.83. The summed E-state index contributed by atoms with van der Waals surface area (Å²) in [5, 5.41) is 0. The summed E-state index contributed by atoms with van der Waals surface area (Å²) in [5.74, 6) is -1.16. The highest BCUT2D eigenvalue weighted by Crippen LogP contribution is 2.33. The number of hydrogen-bond acceptors (Lipinski definition) is 8. The third-order valence-electron chi connectivity index (χ3n) is 5.83. The predicted octanol–water partition coefficient (Wildman–Crippen LogP) is 6.89. The van der Waals surface area contributed by atoms with Gasteiger partial charge >= 0.3 is 24.2 Å². The molecule has 0 amide bonds. The summed E-state index contributed by atoms with van der Waals surface area (Å²) in [6, 6.07) is 14.5. The summed E-state index contributed by atoms with van der Waals surface area (Å²) in [7, 11) is 0. The Bertz CT molecular complexity index is 1390. The van der Waals surface area contributed by atoms with Gasteiger partial charge in [-0.3, -0.25) is 0 Å². The number of benzene rings is 3. The molecule has 0 saturated heterocycles. The molecule has 0 radical (unpaired) electrons. The van der Waals surface area contributed by atoms with Gasteiger partial charge in [0.25, 0.3) is 0 Å². The van der Waals surface area contributed by atoms with E-state index >= 15 is 0 Å². The van der Waals surface area contributed by atoms with E-state index in [2.05, 4.69) is 0 Å². The van der Waals surface area contributed by atoms with Crippen LogP contribution in [0.5, 0.6) is 11.5 Å². The van der Waals surface area contributed by atoms with Crippen LogP contribution in [0, 0.1) is 0 Å². The number of esters is 2. The summed E-state index contributed by atoms with van der Waals surface area (Å²) >= 11 is 0. The van der Waals surface area contributed by atoms with E-state index in [0.717, 1.165) is 12.1 Å². The molecule has 0 aliphatic carbocycles. The van der Waals surface area contributed by atoms with Crippen LogP contribution in [0.25, 0.3) is 6.08 Å². The Morgan fingerprint density at radius 2 is 1.32 bits per heavy atom. The van der Waals surface area contributed by atoms with Crippen LogP contribution >= 0.6 is 0 Å². The molecule has 4 N–H and O–H groups in total. The fourth-order valence-corrected chi connectivity index (χ4v) is 3.69. The quantitative estimate of drug-likeness (QED) is 0.0618. The van der Waals surface area contributed by atoms with Crippen LogP contribution in [0.4, 0.5) is 33.3 Å². The largest absolute Gasteiger partial charge is 0.494 e. The summed E-state index contributed by atoms with van der Waals surface area (Å²) < 4.78 is 86.0. The molecule has 3 aromatic rings. The Kier molecular flexibility index (Phi) is 11.9. The van der Waals surface area contributed by atoms with E-state index < -0.39 is 36.2 Å². The second kappa shape index (κ2) is 15.6. The van der Waals surface area contributed by atoms with Gasteiger partial charge in [0.2, 0.25) is 0 Å². The smallest absolute Gasteiger partial charge is 0.426 e. The number of ether oxygens (including phenoxy) is 4. The van der Waals surface area contributed by atoms with Crippen molar-refractivity contribution in [3.05, 3.63) is 89.5 Å². The molecule has 0 saturated carbocycles. The molecule has 0 spiro atoms. The number of carbonyl (C=O) groups is 2. The first-order chi connectivity index (χ1) is 20.8. The molecule has 0 aromatic heterocycles. The normalized spacial score (nSPS) is 11.8. The molecule has 0 aliphatic heterocycles. The lowest BCUT2D eigenvalue weighted by molar-refractivity contribution is -0.185. The second-order valence-electron chi connectivity index (χ2n) is 9.51. The average Bonchev–Trinajstić information content (AvgIpc) is 2.95. The molecule has 3 rings (SSSR count). The van der Waals surface area contributed by atoms with Crippen molar-refractivity contribution in [2.75, 3.05) is 31.3 Å². The molecular weight excluding hydrogens is 591 g/mol. The monoisotopic (exact) mass is 622 g/mol. The summed E-state index contributed by atoms with van der Waals surface area (Å²) in [6.07, 6.45) is -5.70. The van der Waals surface area contributed by atoms with Gasteiger partial charge in [-0.05, 0) is 85.5 Å². The van der Waals surface area contributed by atoms with E-state index in [1.54, 1.807) is 0 Å². The molecule has 0 bridgehead atoms. The molecule has 0 atom stereocenters. The number of anilines is 2. The highest BCUT2D eigenvalue weighted by molar-refractivity contribution is 5.91. The molecule has 13 heteroatoms. The molecule has 44 heavy (non-hydrogen) atoms. The molecule has 3 aromatic carbocycles. The highest BCUT2D eigenvalue weighted by Gasteiger charge is 2.34. The Morgan fingerprint density at radius 1 is 0.727 bits per heavy atom. The van der Waals surface area contributed by atoms with E-state index in [4.69, 9.17) is 30.4 Å². The minimum atomic E-state index is -4.29. The summed E-state index contributed by atoms with van der Waals surface area (Å²) in [6.45, 7) is 0.00745. The van der Waals surface area contributed by atoms with Gasteiger partial charge in [0.05, 0.1) is 30.9 Å². The van der Waals surface area contributed by atoms with Crippen LogP contribution in [0.15, 0.2) is 72.8 Å². The fourth-order valence-electron chi connectivity index (χ4n) is 3.69. The molecule has 8 nitrogen and oxygen atoms in total. The van der Waals surface area contributed by atoms with Crippen LogP contribution in [-0.2, 0) is 20.4 Å². The van der Waals surface area contributed by atoms with Gasteiger partial charge in [0, 0.05) is 23.9 Å². The first-order valence-electron chi connectivity index (χ1n) is 13.5. The van der Waals surface area contributed by atoms with Crippen LogP contribution in [-0.4, -0.2) is 37.9 Å². The number of nitrogens with two attached hydrogens (primary N) is 2. The lowest BCUT2D eigenvalue weighted by Gasteiger charge is -2.18. The Hall–Kier alpha value is -4.81. The SMILES string of the molecule is Nc1cc(N)cc(C(=O)OCCCCOC(=O)C=Cc2ccc(OC(F)(F)c3ccc(OCCCC(F)(F)F)cc3)cc2)c1. The second-order valence-corrected chi connectivity index (χ2v) is 9.51. The number of halogens is 5. The number of carbonyl (C=O) groups excluding carboxylic acids is 2. The lowest BCUT2D eigenvalue weighted by atomic mass is 10.2. The third kappa shape index (κ3) is 11.8. The number of unbranched alkanes of at least 4 members (excludes halogenated alkanes) is 1. The fraction of sp³-hybridized carbons (Fsp3) is 0.290. The number of nitrogen functional groups attached to an aromatic ring is 2.